The van der Waals surface area contributed by atoms with E-state index in [1.807, 2.05) is 24.3 Å². The third-order valence-corrected chi connectivity index (χ3v) is 4.83. The summed E-state index contributed by atoms with van der Waals surface area (Å²) in [5.74, 6) is -0.793. The zero-order chi connectivity index (χ0) is 17.8. The number of hydrogen-bond acceptors (Lipinski definition) is 2. The van der Waals surface area contributed by atoms with Crippen LogP contribution in [0.3, 0.4) is 0 Å². The molecule has 132 valence electrons. The fourth-order valence-corrected chi connectivity index (χ4v) is 3.28. The van der Waals surface area contributed by atoms with Gasteiger partial charge in [0.1, 0.15) is 5.82 Å². The number of nitrogens with one attached hydrogen (secondary N) is 2. The summed E-state index contributed by atoms with van der Waals surface area (Å²) in [5.41, 5.74) is 1.49. The van der Waals surface area contributed by atoms with Crippen LogP contribution in [-0.4, -0.2) is 24.5 Å². The average Bonchev–Trinajstić information content (AvgIpc) is 2.53. The molecule has 0 unspecified atom stereocenters. The van der Waals surface area contributed by atoms with Crippen molar-refractivity contribution in [3.8, 4) is 0 Å². The summed E-state index contributed by atoms with van der Waals surface area (Å²) in [6, 6.07) is 12.2. The highest BCUT2D eigenvalue weighted by Crippen LogP contribution is 2.21. The summed E-state index contributed by atoms with van der Waals surface area (Å²) >= 11 is 11.6. The molecule has 3 nitrogen and oxygen atoms in total. The number of carbonyl (C=O) groups excluding carboxylic acids is 1. The molecular formula is C19H19Cl2FN2O. The minimum atomic E-state index is -0.506. The molecule has 25 heavy (non-hydrogen) atoms. The Kier molecular flexibility index (Phi) is 5.94. The smallest absolute Gasteiger partial charge is 0.251 e. The molecule has 0 heterocycles. The molecule has 1 fully saturated rings. The van der Waals surface area contributed by atoms with E-state index in [1.54, 1.807) is 0 Å². The van der Waals surface area contributed by atoms with E-state index >= 15 is 0 Å². The van der Waals surface area contributed by atoms with Gasteiger partial charge < -0.3 is 10.6 Å². The van der Waals surface area contributed by atoms with Gasteiger partial charge in [0.2, 0.25) is 0 Å². The van der Waals surface area contributed by atoms with Crippen LogP contribution in [0, 0.1) is 5.82 Å². The molecule has 0 radical (unpaired) electrons. The lowest BCUT2D eigenvalue weighted by molar-refractivity contribution is 0.0902. The Morgan fingerprint density at radius 1 is 1.04 bits per heavy atom. The van der Waals surface area contributed by atoms with E-state index in [9.17, 15) is 9.18 Å². The predicted molar refractivity (Wildman–Crippen MR) is 98.8 cm³/mol. The maximum absolute atomic E-state index is 13.3. The van der Waals surface area contributed by atoms with Gasteiger partial charge in [-0.2, -0.15) is 0 Å². The van der Waals surface area contributed by atoms with Gasteiger partial charge in [-0.15, -0.1) is 0 Å². The van der Waals surface area contributed by atoms with Crippen molar-refractivity contribution in [1.29, 1.82) is 0 Å². The molecule has 1 saturated carbocycles. The Balaban J connectivity index is 1.37. The van der Waals surface area contributed by atoms with Crippen molar-refractivity contribution in [1.82, 2.24) is 10.6 Å². The topological polar surface area (TPSA) is 41.1 Å². The molecule has 2 N–H and O–H groups in total. The molecule has 0 saturated heterocycles. The van der Waals surface area contributed by atoms with Crippen molar-refractivity contribution in [2.45, 2.75) is 31.3 Å². The second kappa shape index (κ2) is 8.17. The van der Waals surface area contributed by atoms with Crippen LogP contribution in [0.5, 0.6) is 0 Å². The van der Waals surface area contributed by atoms with Crippen LogP contribution >= 0.6 is 23.2 Å². The van der Waals surface area contributed by atoms with Crippen molar-refractivity contribution in [2.24, 2.45) is 0 Å². The molecular weight excluding hydrogens is 362 g/mol. The highest BCUT2D eigenvalue weighted by Gasteiger charge is 2.30. The van der Waals surface area contributed by atoms with Crippen LogP contribution in [0.15, 0.2) is 42.5 Å². The van der Waals surface area contributed by atoms with Crippen molar-refractivity contribution in [3.05, 3.63) is 69.5 Å². The van der Waals surface area contributed by atoms with Crippen molar-refractivity contribution in [2.75, 3.05) is 6.54 Å². The van der Waals surface area contributed by atoms with Crippen molar-refractivity contribution >= 4 is 29.1 Å². The summed E-state index contributed by atoms with van der Waals surface area (Å²) in [7, 11) is 0. The highest BCUT2D eigenvalue weighted by molar-refractivity contribution is 6.31. The van der Waals surface area contributed by atoms with Crippen LogP contribution < -0.4 is 10.6 Å². The summed E-state index contributed by atoms with van der Waals surface area (Å²) in [6.45, 7) is 0.881. The first-order valence-electron chi connectivity index (χ1n) is 8.24. The van der Waals surface area contributed by atoms with Gasteiger partial charge in [-0.25, -0.2) is 4.39 Å². The van der Waals surface area contributed by atoms with E-state index in [0.29, 0.717) is 6.04 Å². The minimum absolute atomic E-state index is 0.113. The van der Waals surface area contributed by atoms with Crippen LogP contribution in [0.4, 0.5) is 4.39 Å². The summed E-state index contributed by atoms with van der Waals surface area (Å²) in [5, 5.41) is 7.36. The lowest BCUT2D eigenvalue weighted by atomic mass is 9.86. The Bertz CT molecular complexity index is 725. The van der Waals surface area contributed by atoms with E-state index in [2.05, 4.69) is 10.6 Å². The minimum Gasteiger partial charge on any atom is -0.349 e. The first-order chi connectivity index (χ1) is 12.0. The Hall–Kier alpha value is -1.62. The van der Waals surface area contributed by atoms with E-state index in [-0.39, 0.29) is 22.5 Å². The van der Waals surface area contributed by atoms with Crippen LogP contribution in [0.25, 0.3) is 0 Å². The molecule has 1 amide bonds. The standard InChI is InChI=1S/C19H19Cl2FN2O/c20-14-3-1-12(2-4-14)5-6-23-17-10-18(11-17)24-19(25)13-7-15(21)9-16(22)8-13/h1-4,7-9,17-18,23H,5-6,10-11H2,(H,24,25). The zero-order valence-corrected chi connectivity index (χ0v) is 15.1. The number of carbonyl (C=O) groups is 1. The lowest BCUT2D eigenvalue weighted by Crippen LogP contribution is -2.52. The second-order valence-corrected chi connectivity index (χ2v) is 7.20. The predicted octanol–water partition coefficient (Wildman–Crippen LogP) is 4.23. The fourth-order valence-electron chi connectivity index (χ4n) is 2.93. The van der Waals surface area contributed by atoms with Gasteiger partial charge in [-0.3, -0.25) is 4.79 Å². The zero-order valence-electron chi connectivity index (χ0n) is 13.6. The Morgan fingerprint density at radius 2 is 1.76 bits per heavy atom. The van der Waals surface area contributed by atoms with Crippen LogP contribution in [0.1, 0.15) is 28.8 Å². The quantitative estimate of drug-likeness (QED) is 0.787. The third-order valence-electron chi connectivity index (χ3n) is 4.36. The van der Waals surface area contributed by atoms with Gasteiger partial charge in [-0.05, 0) is 61.7 Å². The molecule has 0 atom stereocenters. The van der Waals surface area contributed by atoms with Gasteiger partial charge >= 0.3 is 0 Å². The molecule has 0 aliphatic heterocycles. The van der Waals surface area contributed by atoms with Crippen molar-refractivity contribution < 1.29 is 9.18 Å². The molecule has 1 aliphatic rings. The maximum Gasteiger partial charge on any atom is 0.251 e. The van der Waals surface area contributed by atoms with E-state index in [0.717, 1.165) is 30.8 Å². The number of hydrogen-bond donors (Lipinski definition) is 2. The van der Waals surface area contributed by atoms with Crippen LogP contribution in [0.2, 0.25) is 10.0 Å². The summed E-state index contributed by atoms with van der Waals surface area (Å²) < 4.78 is 13.3. The summed E-state index contributed by atoms with van der Waals surface area (Å²) in [6.07, 6.45) is 2.68. The van der Waals surface area contributed by atoms with E-state index in [1.165, 1.54) is 23.8 Å². The molecule has 2 aromatic rings. The average molecular weight is 381 g/mol. The molecule has 6 heteroatoms. The normalized spacial score (nSPS) is 19.3. The number of amides is 1. The molecule has 0 bridgehead atoms. The van der Waals surface area contributed by atoms with Crippen LogP contribution in [-0.2, 0) is 6.42 Å². The number of rotatable bonds is 6. The number of halogens is 3. The van der Waals surface area contributed by atoms with Gasteiger partial charge in [-0.1, -0.05) is 35.3 Å². The number of benzene rings is 2. The monoisotopic (exact) mass is 380 g/mol. The molecule has 3 rings (SSSR count). The highest BCUT2D eigenvalue weighted by atomic mass is 35.5. The fraction of sp³-hybridized carbons (Fsp3) is 0.316. The Morgan fingerprint density at radius 3 is 2.44 bits per heavy atom. The summed E-state index contributed by atoms with van der Waals surface area (Å²) in [4.78, 5) is 12.1. The van der Waals surface area contributed by atoms with Gasteiger partial charge in [0.15, 0.2) is 0 Å². The lowest BCUT2D eigenvalue weighted by Gasteiger charge is -2.36. The van der Waals surface area contributed by atoms with Gasteiger partial charge in [0, 0.05) is 27.7 Å². The largest absolute Gasteiger partial charge is 0.349 e. The SMILES string of the molecule is O=C(NC1CC(NCCc2ccc(Cl)cc2)C1)c1cc(F)cc(Cl)c1. The molecule has 0 aromatic heterocycles. The second-order valence-electron chi connectivity index (χ2n) is 6.33. The third kappa shape index (κ3) is 5.18. The van der Waals surface area contributed by atoms with E-state index in [4.69, 9.17) is 23.2 Å². The molecule has 0 spiro atoms. The maximum atomic E-state index is 13.3. The van der Waals surface area contributed by atoms with Gasteiger partial charge in [0.25, 0.3) is 5.91 Å². The molecule has 1 aliphatic carbocycles. The Labute approximate surface area is 156 Å². The van der Waals surface area contributed by atoms with Crippen molar-refractivity contribution in [3.63, 3.8) is 0 Å². The first kappa shape index (κ1) is 18.2. The first-order valence-corrected chi connectivity index (χ1v) is 9.00. The molecule has 2 aromatic carbocycles. The van der Waals surface area contributed by atoms with Gasteiger partial charge in [0.05, 0.1) is 0 Å². The van der Waals surface area contributed by atoms with E-state index < -0.39 is 5.82 Å².